The van der Waals surface area contributed by atoms with Crippen molar-refractivity contribution in [2.24, 2.45) is 23.1 Å². The van der Waals surface area contributed by atoms with Crippen LogP contribution in [-0.4, -0.2) is 6.04 Å². The molecule has 2 aliphatic rings. The second kappa shape index (κ2) is 4.42. The van der Waals surface area contributed by atoms with Crippen LogP contribution in [0.15, 0.2) is 0 Å². The molecule has 2 rings (SSSR count). The monoisotopic (exact) mass is 210 g/mol. The molecule has 3 N–H and O–H groups in total. The molecule has 0 aromatic carbocycles. The predicted octanol–water partition coefficient (Wildman–Crippen LogP) is 2.83. The highest BCUT2D eigenvalue weighted by molar-refractivity contribution is 4.92. The normalized spacial score (nSPS) is 32.6. The number of rotatable bonds is 4. The summed E-state index contributed by atoms with van der Waals surface area (Å²) in [5, 5.41) is 0. The van der Waals surface area contributed by atoms with Crippen LogP contribution in [0.3, 0.4) is 0 Å². The lowest BCUT2D eigenvalue weighted by Crippen LogP contribution is -2.47. The van der Waals surface area contributed by atoms with Crippen LogP contribution in [0.5, 0.6) is 0 Å². The fourth-order valence-corrected chi connectivity index (χ4v) is 3.33. The van der Waals surface area contributed by atoms with Crippen LogP contribution in [-0.2, 0) is 0 Å². The summed E-state index contributed by atoms with van der Waals surface area (Å²) in [4.78, 5) is 0. The van der Waals surface area contributed by atoms with E-state index >= 15 is 0 Å². The van der Waals surface area contributed by atoms with Crippen molar-refractivity contribution < 1.29 is 0 Å². The lowest BCUT2D eigenvalue weighted by molar-refractivity contribution is 0.0925. The van der Waals surface area contributed by atoms with Crippen molar-refractivity contribution in [1.82, 2.24) is 5.43 Å². The Bertz CT molecular complexity index is 209. The second-order valence-electron chi connectivity index (χ2n) is 6.29. The Labute approximate surface area is 94.0 Å². The van der Waals surface area contributed by atoms with Crippen molar-refractivity contribution in [2.75, 3.05) is 0 Å². The molecule has 2 atom stereocenters. The third-order valence-electron chi connectivity index (χ3n) is 4.57. The van der Waals surface area contributed by atoms with Gasteiger partial charge in [0.15, 0.2) is 0 Å². The first-order valence-electron chi connectivity index (χ1n) is 6.59. The third kappa shape index (κ3) is 2.73. The van der Waals surface area contributed by atoms with Crippen molar-refractivity contribution in [3.63, 3.8) is 0 Å². The van der Waals surface area contributed by atoms with Crippen molar-refractivity contribution >= 4 is 0 Å². The SMILES string of the molecule is CC1(C)CCCCC1C(CC1CC1)NN. The van der Waals surface area contributed by atoms with Gasteiger partial charge in [0.1, 0.15) is 0 Å². The minimum absolute atomic E-state index is 0.490. The fourth-order valence-electron chi connectivity index (χ4n) is 3.33. The van der Waals surface area contributed by atoms with E-state index in [4.69, 9.17) is 5.84 Å². The molecule has 0 spiro atoms. The topological polar surface area (TPSA) is 38.0 Å². The zero-order chi connectivity index (χ0) is 10.9. The van der Waals surface area contributed by atoms with E-state index in [1.54, 1.807) is 0 Å². The number of nitrogens with two attached hydrogens (primary N) is 1. The Kier molecular flexibility index (Phi) is 3.36. The van der Waals surface area contributed by atoms with E-state index in [1.807, 2.05) is 0 Å². The van der Waals surface area contributed by atoms with E-state index in [1.165, 1.54) is 44.9 Å². The van der Waals surface area contributed by atoms with Gasteiger partial charge in [0.25, 0.3) is 0 Å². The molecule has 0 aromatic heterocycles. The maximum absolute atomic E-state index is 5.75. The van der Waals surface area contributed by atoms with Crippen LogP contribution in [0.1, 0.15) is 58.8 Å². The van der Waals surface area contributed by atoms with Gasteiger partial charge in [-0.2, -0.15) is 0 Å². The molecule has 0 radical (unpaired) electrons. The van der Waals surface area contributed by atoms with Gasteiger partial charge in [-0.15, -0.1) is 0 Å². The Morgan fingerprint density at radius 1 is 1.27 bits per heavy atom. The molecule has 0 bridgehead atoms. The van der Waals surface area contributed by atoms with Gasteiger partial charge >= 0.3 is 0 Å². The molecule has 2 aliphatic carbocycles. The molecule has 0 aliphatic heterocycles. The zero-order valence-electron chi connectivity index (χ0n) is 10.3. The Balaban J connectivity index is 1.97. The summed E-state index contributed by atoms with van der Waals surface area (Å²) in [5.74, 6) is 7.52. The molecule has 2 heteroatoms. The number of hydrogen-bond donors (Lipinski definition) is 2. The summed E-state index contributed by atoms with van der Waals surface area (Å²) in [5.41, 5.74) is 3.59. The van der Waals surface area contributed by atoms with Gasteiger partial charge in [0.2, 0.25) is 0 Å². The molecule has 2 nitrogen and oxygen atoms in total. The molecule has 2 saturated carbocycles. The highest BCUT2D eigenvalue weighted by Gasteiger charge is 2.39. The standard InChI is InChI=1S/C13H26N2/c1-13(2)8-4-3-5-11(13)12(15-14)9-10-6-7-10/h10-12,15H,3-9,14H2,1-2H3. The molecular formula is C13H26N2. The van der Waals surface area contributed by atoms with E-state index in [0.717, 1.165) is 11.8 Å². The first kappa shape index (κ1) is 11.4. The minimum Gasteiger partial charge on any atom is -0.271 e. The van der Waals surface area contributed by atoms with Crippen molar-refractivity contribution in [3.8, 4) is 0 Å². The summed E-state index contributed by atoms with van der Waals surface area (Å²) in [6, 6.07) is 0.563. The summed E-state index contributed by atoms with van der Waals surface area (Å²) in [6.07, 6.45) is 9.73. The van der Waals surface area contributed by atoms with Gasteiger partial charge in [-0.05, 0) is 36.5 Å². The molecule has 88 valence electrons. The van der Waals surface area contributed by atoms with Crippen LogP contribution in [0.2, 0.25) is 0 Å². The summed E-state index contributed by atoms with van der Waals surface area (Å²) >= 11 is 0. The molecule has 15 heavy (non-hydrogen) atoms. The first-order valence-corrected chi connectivity index (χ1v) is 6.59. The van der Waals surface area contributed by atoms with Gasteiger partial charge in [0.05, 0.1) is 0 Å². The van der Waals surface area contributed by atoms with Gasteiger partial charge in [-0.25, -0.2) is 0 Å². The van der Waals surface area contributed by atoms with Gasteiger partial charge in [-0.1, -0.05) is 39.5 Å². The fraction of sp³-hybridized carbons (Fsp3) is 1.00. The van der Waals surface area contributed by atoms with E-state index in [-0.39, 0.29) is 0 Å². The van der Waals surface area contributed by atoms with Crippen LogP contribution in [0.4, 0.5) is 0 Å². The van der Waals surface area contributed by atoms with E-state index < -0.39 is 0 Å². The average Bonchev–Trinajstić information content (AvgIpc) is 2.98. The molecule has 0 heterocycles. The minimum atomic E-state index is 0.490. The van der Waals surface area contributed by atoms with Crippen LogP contribution < -0.4 is 11.3 Å². The maximum atomic E-state index is 5.75. The zero-order valence-corrected chi connectivity index (χ0v) is 10.3. The molecular weight excluding hydrogens is 184 g/mol. The first-order chi connectivity index (χ1) is 7.13. The van der Waals surface area contributed by atoms with Crippen molar-refractivity contribution in [2.45, 2.75) is 64.8 Å². The highest BCUT2D eigenvalue weighted by atomic mass is 15.2. The van der Waals surface area contributed by atoms with Crippen LogP contribution >= 0.6 is 0 Å². The second-order valence-corrected chi connectivity index (χ2v) is 6.29. The van der Waals surface area contributed by atoms with Gasteiger partial charge in [-0.3, -0.25) is 11.3 Å². The molecule has 2 fully saturated rings. The lowest BCUT2D eigenvalue weighted by atomic mass is 9.65. The molecule has 0 amide bonds. The number of hydrazine groups is 1. The van der Waals surface area contributed by atoms with E-state index in [0.29, 0.717) is 11.5 Å². The van der Waals surface area contributed by atoms with Crippen LogP contribution in [0, 0.1) is 17.3 Å². The predicted molar refractivity (Wildman–Crippen MR) is 64.2 cm³/mol. The van der Waals surface area contributed by atoms with E-state index in [2.05, 4.69) is 19.3 Å². The third-order valence-corrected chi connectivity index (χ3v) is 4.57. The quantitative estimate of drug-likeness (QED) is 0.553. The van der Waals surface area contributed by atoms with Gasteiger partial charge < -0.3 is 0 Å². The van der Waals surface area contributed by atoms with Crippen molar-refractivity contribution in [3.05, 3.63) is 0 Å². The van der Waals surface area contributed by atoms with Crippen LogP contribution in [0.25, 0.3) is 0 Å². The number of nitrogens with one attached hydrogen (secondary N) is 1. The maximum Gasteiger partial charge on any atom is 0.0246 e. The Morgan fingerprint density at radius 3 is 2.53 bits per heavy atom. The summed E-state index contributed by atoms with van der Waals surface area (Å²) in [7, 11) is 0. The Hall–Kier alpha value is -0.0800. The molecule has 0 aromatic rings. The smallest absolute Gasteiger partial charge is 0.0246 e. The largest absolute Gasteiger partial charge is 0.271 e. The van der Waals surface area contributed by atoms with Gasteiger partial charge in [0, 0.05) is 6.04 Å². The van der Waals surface area contributed by atoms with E-state index in [9.17, 15) is 0 Å². The lowest BCUT2D eigenvalue weighted by Gasteiger charge is -2.43. The Morgan fingerprint density at radius 2 is 2.00 bits per heavy atom. The highest BCUT2D eigenvalue weighted by Crippen LogP contribution is 2.45. The molecule has 2 unspecified atom stereocenters. The molecule has 0 saturated heterocycles. The average molecular weight is 210 g/mol. The summed E-state index contributed by atoms with van der Waals surface area (Å²) in [6.45, 7) is 4.85. The number of hydrogen-bond acceptors (Lipinski definition) is 2. The summed E-state index contributed by atoms with van der Waals surface area (Å²) < 4.78 is 0. The van der Waals surface area contributed by atoms with Crippen molar-refractivity contribution in [1.29, 1.82) is 0 Å².